The highest BCUT2D eigenvalue weighted by molar-refractivity contribution is 5.71. The van der Waals surface area contributed by atoms with Crippen LogP contribution in [0.15, 0.2) is 30.3 Å². The maximum Gasteiger partial charge on any atom is 0.306 e. The van der Waals surface area contributed by atoms with Crippen LogP contribution >= 0.6 is 0 Å². The minimum atomic E-state index is -0.0759. The number of carbonyl (C=O) groups excluding carboxylic acids is 1. The molecule has 0 bridgehead atoms. The molecule has 3 nitrogen and oxygen atoms in total. The van der Waals surface area contributed by atoms with Gasteiger partial charge in [0.1, 0.15) is 6.10 Å². The van der Waals surface area contributed by atoms with Gasteiger partial charge in [0, 0.05) is 12.8 Å². The Kier molecular flexibility index (Phi) is 3.94. The van der Waals surface area contributed by atoms with Crippen LogP contribution < -0.4 is 0 Å². The molecule has 3 heteroatoms. The number of rotatable bonds is 5. The minimum absolute atomic E-state index is 0.0725. The molecule has 0 amide bonds. The lowest BCUT2D eigenvalue weighted by atomic mass is 10.2. The van der Waals surface area contributed by atoms with E-state index in [-0.39, 0.29) is 12.1 Å². The molecule has 0 saturated carbocycles. The predicted molar refractivity (Wildman–Crippen MR) is 59.8 cm³/mol. The number of hydrogen-bond acceptors (Lipinski definition) is 3. The van der Waals surface area contributed by atoms with Crippen molar-refractivity contribution in [1.82, 2.24) is 0 Å². The third kappa shape index (κ3) is 3.35. The molecule has 0 aromatic heterocycles. The lowest BCUT2D eigenvalue weighted by molar-refractivity contribution is -0.141. The fraction of sp³-hybridized carbons (Fsp3) is 0.462. The summed E-state index contributed by atoms with van der Waals surface area (Å²) in [5.41, 5.74) is 1.17. The quantitative estimate of drug-likeness (QED) is 0.564. The first-order chi connectivity index (χ1) is 7.84. The number of cyclic esters (lactones) is 1. The first-order valence-corrected chi connectivity index (χ1v) is 5.66. The molecule has 1 saturated heterocycles. The van der Waals surface area contributed by atoms with Crippen molar-refractivity contribution >= 4 is 5.97 Å². The summed E-state index contributed by atoms with van der Waals surface area (Å²) in [7, 11) is 0. The lowest BCUT2D eigenvalue weighted by Crippen LogP contribution is -2.10. The van der Waals surface area contributed by atoms with Crippen molar-refractivity contribution in [1.29, 1.82) is 0 Å². The van der Waals surface area contributed by atoms with Crippen molar-refractivity contribution in [2.75, 3.05) is 6.61 Å². The van der Waals surface area contributed by atoms with Crippen molar-refractivity contribution < 1.29 is 14.3 Å². The van der Waals surface area contributed by atoms with Crippen LogP contribution in [0, 0.1) is 0 Å². The Hall–Kier alpha value is -1.35. The van der Waals surface area contributed by atoms with Crippen LogP contribution in [0.1, 0.15) is 24.8 Å². The van der Waals surface area contributed by atoms with E-state index in [0.29, 0.717) is 19.6 Å². The summed E-state index contributed by atoms with van der Waals surface area (Å²) in [6.07, 6.45) is 2.28. The molecule has 0 aliphatic carbocycles. The molecule has 1 fully saturated rings. The van der Waals surface area contributed by atoms with Crippen LogP contribution in [0.3, 0.4) is 0 Å². The van der Waals surface area contributed by atoms with Crippen LogP contribution in [0.25, 0.3) is 0 Å². The van der Waals surface area contributed by atoms with E-state index < -0.39 is 0 Å². The molecular formula is C13H16O3. The van der Waals surface area contributed by atoms with Gasteiger partial charge in [0.05, 0.1) is 13.2 Å². The second-order valence-corrected chi connectivity index (χ2v) is 3.98. The van der Waals surface area contributed by atoms with Gasteiger partial charge in [-0.25, -0.2) is 0 Å². The maximum absolute atomic E-state index is 10.8. The van der Waals surface area contributed by atoms with E-state index in [4.69, 9.17) is 9.47 Å². The summed E-state index contributed by atoms with van der Waals surface area (Å²) in [5, 5.41) is 0. The van der Waals surface area contributed by atoms with E-state index in [9.17, 15) is 4.79 Å². The molecule has 0 spiro atoms. The smallest absolute Gasteiger partial charge is 0.306 e. The van der Waals surface area contributed by atoms with Crippen LogP contribution in [-0.4, -0.2) is 18.7 Å². The van der Waals surface area contributed by atoms with E-state index in [0.717, 1.165) is 12.8 Å². The summed E-state index contributed by atoms with van der Waals surface area (Å²) in [6.45, 7) is 1.27. The van der Waals surface area contributed by atoms with Gasteiger partial charge in [-0.05, 0) is 12.0 Å². The highest BCUT2D eigenvalue weighted by Gasteiger charge is 2.22. The third-order valence-corrected chi connectivity index (χ3v) is 2.66. The molecule has 86 valence electrons. The van der Waals surface area contributed by atoms with Gasteiger partial charge in [-0.3, -0.25) is 4.79 Å². The molecule has 1 aliphatic rings. The average Bonchev–Trinajstić information content (AvgIpc) is 2.72. The summed E-state index contributed by atoms with van der Waals surface area (Å²) >= 11 is 0. The zero-order chi connectivity index (χ0) is 11.2. The Balaban J connectivity index is 1.60. The molecule has 1 aromatic carbocycles. The predicted octanol–water partition coefficient (Wildman–Crippen LogP) is 2.30. The molecule has 2 rings (SSSR count). The second-order valence-electron chi connectivity index (χ2n) is 3.98. The van der Waals surface area contributed by atoms with Gasteiger partial charge in [0.2, 0.25) is 0 Å². The summed E-state index contributed by atoms with van der Waals surface area (Å²) < 4.78 is 10.6. The maximum atomic E-state index is 10.8. The number of ether oxygens (including phenoxy) is 2. The van der Waals surface area contributed by atoms with Gasteiger partial charge >= 0.3 is 5.97 Å². The van der Waals surface area contributed by atoms with Gasteiger partial charge in [0.15, 0.2) is 0 Å². The van der Waals surface area contributed by atoms with Crippen molar-refractivity contribution in [2.45, 2.75) is 32.0 Å². The van der Waals surface area contributed by atoms with E-state index in [1.807, 2.05) is 30.3 Å². The van der Waals surface area contributed by atoms with E-state index in [1.54, 1.807) is 0 Å². The minimum Gasteiger partial charge on any atom is -0.462 e. The number of carbonyl (C=O) groups is 1. The van der Waals surface area contributed by atoms with Crippen molar-refractivity contribution in [3.8, 4) is 0 Å². The molecular weight excluding hydrogens is 204 g/mol. The van der Waals surface area contributed by atoms with Crippen LogP contribution in [0.4, 0.5) is 0 Å². The van der Waals surface area contributed by atoms with Gasteiger partial charge in [-0.2, -0.15) is 0 Å². The van der Waals surface area contributed by atoms with Crippen molar-refractivity contribution in [2.24, 2.45) is 0 Å². The standard InChI is InChI=1S/C13H16O3/c14-13-7-6-12(16-13)8-9-15-10-11-4-2-1-3-5-11/h1-5,12H,6-10H2. The first kappa shape index (κ1) is 11.1. The molecule has 16 heavy (non-hydrogen) atoms. The molecule has 1 unspecified atom stereocenters. The summed E-state index contributed by atoms with van der Waals surface area (Å²) in [4.78, 5) is 10.8. The summed E-state index contributed by atoms with van der Waals surface area (Å²) in [5.74, 6) is -0.0759. The van der Waals surface area contributed by atoms with Gasteiger partial charge < -0.3 is 9.47 Å². The molecule has 1 aliphatic heterocycles. The zero-order valence-corrected chi connectivity index (χ0v) is 9.22. The van der Waals surface area contributed by atoms with Crippen LogP contribution in [-0.2, 0) is 20.9 Å². The highest BCUT2D eigenvalue weighted by atomic mass is 16.6. The average molecular weight is 220 g/mol. The fourth-order valence-corrected chi connectivity index (χ4v) is 1.76. The normalized spacial score (nSPS) is 19.8. The lowest BCUT2D eigenvalue weighted by Gasteiger charge is -2.09. The first-order valence-electron chi connectivity index (χ1n) is 5.66. The molecule has 1 atom stereocenters. The molecule has 1 heterocycles. The number of benzene rings is 1. The topological polar surface area (TPSA) is 35.5 Å². The number of hydrogen-bond donors (Lipinski definition) is 0. The molecule has 1 aromatic rings. The van der Waals surface area contributed by atoms with Gasteiger partial charge in [0.25, 0.3) is 0 Å². The second kappa shape index (κ2) is 5.66. The molecule has 0 radical (unpaired) electrons. The SMILES string of the molecule is O=C1CCC(CCOCc2ccccc2)O1. The largest absolute Gasteiger partial charge is 0.462 e. The number of esters is 1. The van der Waals surface area contributed by atoms with Crippen molar-refractivity contribution in [3.63, 3.8) is 0 Å². The highest BCUT2D eigenvalue weighted by Crippen LogP contribution is 2.16. The van der Waals surface area contributed by atoms with E-state index in [2.05, 4.69) is 0 Å². The monoisotopic (exact) mass is 220 g/mol. The zero-order valence-electron chi connectivity index (χ0n) is 9.22. The van der Waals surface area contributed by atoms with E-state index >= 15 is 0 Å². The van der Waals surface area contributed by atoms with E-state index in [1.165, 1.54) is 5.56 Å². The fourth-order valence-electron chi connectivity index (χ4n) is 1.76. The third-order valence-electron chi connectivity index (χ3n) is 2.66. The summed E-state index contributed by atoms with van der Waals surface area (Å²) in [6, 6.07) is 10.1. The Morgan fingerprint density at radius 3 is 2.81 bits per heavy atom. The van der Waals surface area contributed by atoms with Crippen molar-refractivity contribution in [3.05, 3.63) is 35.9 Å². The Labute approximate surface area is 95.4 Å². The van der Waals surface area contributed by atoms with Crippen LogP contribution in [0.5, 0.6) is 0 Å². The van der Waals surface area contributed by atoms with Gasteiger partial charge in [-0.15, -0.1) is 0 Å². The van der Waals surface area contributed by atoms with Gasteiger partial charge in [-0.1, -0.05) is 30.3 Å². The molecule has 0 N–H and O–H groups in total. The Bertz CT molecular complexity index is 334. The Morgan fingerprint density at radius 2 is 2.12 bits per heavy atom. The van der Waals surface area contributed by atoms with Crippen LogP contribution in [0.2, 0.25) is 0 Å². The Morgan fingerprint density at radius 1 is 1.31 bits per heavy atom.